The Morgan fingerprint density at radius 3 is 2.86 bits per heavy atom. The normalized spacial score (nSPS) is 12.1. The standard InChI is InChI=1S/C10H14N2O2/c1-7(13)5-9(11)8-3-4-10(14-2)12-6-8/h3-4,6,9,13H,1,5,11H2,2H3/t9-/m0/s1. The Morgan fingerprint density at radius 2 is 2.43 bits per heavy atom. The predicted molar refractivity (Wildman–Crippen MR) is 54.1 cm³/mol. The summed E-state index contributed by atoms with van der Waals surface area (Å²) in [7, 11) is 1.55. The summed E-state index contributed by atoms with van der Waals surface area (Å²) < 4.78 is 4.91. The average Bonchev–Trinajstić information content (AvgIpc) is 2.17. The SMILES string of the molecule is C=C(O)C[C@H](N)c1ccc(OC)nc1. The minimum atomic E-state index is -0.272. The van der Waals surface area contributed by atoms with E-state index >= 15 is 0 Å². The van der Waals surface area contributed by atoms with Gasteiger partial charge in [0.1, 0.15) is 0 Å². The van der Waals surface area contributed by atoms with Gasteiger partial charge in [-0.15, -0.1) is 0 Å². The molecule has 1 rings (SSSR count). The van der Waals surface area contributed by atoms with Crippen LogP contribution in [0.15, 0.2) is 30.7 Å². The van der Waals surface area contributed by atoms with Gasteiger partial charge in [-0.1, -0.05) is 12.6 Å². The van der Waals surface area contributed by atoms with E-state index in [-0.39, 0.29) is 11.8 Å². The van der Waals surface area contributed by atoms with Crippen LogP contribution in [0.2, 0.25) is 0 Å². The van der Waals surface area contributed by atoms with E-state index in [1.165, 1.54) is 0 Å². The molecule has 76 valence electrons. The van der Waals surface area contributed by atoms with Crippen molar-refractivity contribution in [1.29, 1.82) is 0 Å². The number of ether oxygens (including phenoxy) is 1. The van der Waals surface area contributed by atoms with E-state index in [2.05, 4.69) is 11.6 Å². The quantitative estimate of drug-likeness (QED) is 0.713. The van der Waals surface area contributed by atoms with E-state index in [4.69, 9.17) is 15.6 Å². The molecule has 0 bridgehead atoms. The van der Waals surface area contributed by atoms with Gasteiger partial charge < -0.3 is 15.6 Å². The molecular formula is C10H14N2O2. The van der Waals surface area contributed by atoms with E-state index in [9.17, 15) is 0 Å². The first-order chi connectivity index (χ1) is 6.63. The third-order valence-corrected chi connectivity index (χ3v) is 1.85. The smallest absolute Gasteiger partial charge is 0.212 e. The number of pyridine rings is 1. The summed E-state index contributed by atoms with van der Waals surface area (Å²) >= 11 is 0. The second kappa shape index (κ2) is 4.62. The number of nitrogens with two attached hydrogens (primary N) is 1. The van der Waals surface area contributed by atoms with Crippen molar-refractivity contribution >= 4 is 0 Å². The molecule has 0 aromatic carbocycles. The largest absolute Gasteiger partial charge is 0.513 e. The van der Waals surface area contributed by atoms with Crippen LogP contribution in [0.3, 0.4) is 0 Å². The zero-order chi connectivity index (χ0) is 10.6. The van der Waals surface area contributed by atoms with Crippen LogP contribution < -0.4 is 10.5 Å². The Morgan fingerprint density at radius 1 is 1.71 bits per heavy atom. The van der Waals surface area contributed by atoms with Crippen molar-refractivity contribution in [2.24, 2.45) is 5.73 Å². The molecule has 0 amide bonds. The molecule has 1 heterocycles. The lowest BCUT2D eigenvalue weighted by atomic mass is 10.1. The fourth-order valence-corrected chi connectivity index (χ4v) is 1.10. The van der Waals surface area contributed by atoms with Gasteiger partial charge in [0.2, 0.25) is 5.88 Å². The molecule has 4 nitrogen and oxygen atoms in total. The molecule has 0 unspecified atom stereocenters. The lowest BCUT2D eigenvalue weighted by Gasteiger charge is -2.10. The maximum Gasteiger partial charge on any atom is 0.212 e. The van der Waals surface area contributed by atoms with Crippen molar-refractivity contribution in [1.82, 2.24) is 4.98 Å². The van der Waals surface area contributed by atoms with Crippen LogP contribution in [0.25, 0.3) is 0 Å². The summed E-state index contributed by atoms with van der Waals surface area (Å²) in [6, 6.07) is 3.28. The van der Waals surface area contributed by atoms with E-state index in [0.717, 1.165) is 5.56 Å². The molecule has 0 saturated heterocycles. The van der Waals surface area contributed by atoms with Crippen LogP contribution in [-0.4, -0.2) is 17.2 Å². The highest BCUT2D eigenvalue weighted by molar-refractivity contribution is 5.21. The van der Waals surface area contributed by atoms with Crippen LogP contribution in [0.5, 0.6) is 5.88 Å². The van der Waals surface area contributed by atoms with Gasteiger partial charge >= 0.3 is 0 Å². The summed E-state index contributed by atoms with van der Waals surface area (Å²) in [4.78, 5) is 4.01. The van der Waals surface area contributed by atoms with Gasteiger partial charge in [0.15, 0.2) is 0 Å². The predicted octanol–water partition coefficient (Wildman–Crippen LogP) is 1.55. The minimum absolute atomic E-state index is 0.0771. The summed E-state index contributed by atoms with van der Waals surface area (Å²) in [6.07, 6.45) is 1.97. The summed E-state index contributed by atoms with van der Waals surface area (Å²) in [6.45, 7) is 3.38. The number of hydrogen-bond acceptors (Lipinski definition) is 4. The Bertz CT molecular complexity index is 308. The highest BCUT2D eigenvalue weighted by atomic mass is 16.5. The molecule has 14 heavy (non-hydrogen) atoms. The molecule has 1 aromatic heterocycles. The molecule has 0 aliphatic heterocycles. The number of rotatable bonds is 4. The van der Waals surface area contributed by atoms with Crippen molar-refractivity contribution in [3.05, 3.63) is 36.2 Å². The first-order valence-corrected chi connectivity index (χ1v) is 4.25. The van der Waals surface area contributed by atoms with Crippen LogP contribution in [0.1, 0.15) is 18.0 Å². The van der Waals surface area contributed by atoms with Gasteiger partial charge in [-0.05, 0) is 5.56 Å². The highest BCUT2D eigenvalue weighted by Crippen LogP contribution is 2.17. The molecule has 0 saturated carbocycles. The number of aromatic nitrogens is 1. The molecule has 0 aliphatic carbocycles. The molecule has 3 N–H and O–H groups in total. The van der Waals surface area contributed by atoms with Crippen LogP contribution >= 0.6 is 0 Å². The zero-order valence-electron chi connectivity index (χ0n) is 8.10. The number of methoxy groups -OCH3 is 1. The van der Waals surface area contributed by atoms with Crippen molar-refractivity contribution in [3.8, 4) is 5.88 Å². The third kappa shape index (κ3) is 2.74. The van der Waals surface area contributed by atoms with Crippen LogP contribution in [-0.2, 0) is 0 Å². The Kier molecular flexibility index (Phi) is 3.48. The number of aliphatic hydroxyl groups excluding tert-OH is 1. The summed E-state index contributed by atoms with van der Waals surface area (Å²) in [5.74, 6) is 0.622. The average molecular weight is 194 g/mol. The molecule has 4 heteroatoms. The van der Waals surface area contributed by atoms with Crippen LogP contribution in [0.4, 0.5) is 0 Å². The highest BCUT2D eigenvalue weighted by Gasteiger charge is 2.07. The summed E-state index contributed by atoms with van der Waals surface area (Å²) in [5, 5.41) is 8.97. The van der Waals surface area contributed by atoms with Crippen molar-refractivity contribution in [3.63, 3.8) is 0 Å². The maximum atomic E-state index is 8.97. The van der Waals surface area contributed by atoms with Gasteiger partial charge in [0.25, 0.3) is 0 Å². The molecule has 1 aromatic rings. The number of aliphatic hydroxyl groups is 1. The lowest BCUT2D eigenvalue weighted by molar-refractivity contribution is 0.377. The van der Waals surface area contributed by atoms with E-state index in [1.54, 1.807) is 19.4 Å². The molecule has 1 atom stereocenters. The first kappa shape index (κ1) is 10.5. The number of nitrogens with zero attached hydrogens (tertiary/aromatic N) is 1. The van der Waals surface area contributed by atoms with Crippen LogP contribution in [0, 0.1) is 0 Å². The van der Waals surface area contributed by atoms with Gasteiger partial charge in [-0.25, -0.2) is 4.98 Å². The Labute approximate surface area is 83.0 Å². The lowest BCUT2D eigenvalue weighted by Crippen LogP contribution is -2.11. The van der Waals surface area contributed by atoms with E-state index < -0.39 is 0 Å². The zero-order valence-corrected chi connectivity index (χ0v) is 8.10. The monoisotopic (exact) mass is 194 g/mol. The van der Waals surface area contributed by atoms with Gasteiger partial charge in [-0.3, -0.25) is 0 Å². The topological polar surface area (TPSA) is 68.4 Å². The van der Waals surface area contributed by atoms with Crippen molar-refractivity contribution < 1.29 is 9.84 Å². The Balaban J connectivity index is 2.71. The fourth-order valence-electron chi connectivity index (χ4n) is 1.10. The minimum Gasteiger partial charge on any atom is -0.513 e. The van der Waals surface area contributed by atoms with E-state index in [0.29, 0.717) is 12.3 Å². The Hall–Kier alpha value is -1.55. The molecule has 0 aliphatic rings. The van der Waals surface area contributed by atoms with E-state index in [1.807, 2.05) is 6.07 Å². The second-order valence-corrected chi connectivity index (χ2v) is 3.01. The second-order valence-electron chi connectivity index (χ2n) is 3.01. The van der Waals surface area contributed by atoms with Gasteiger partial charge in [0, 0.05) is 24.7 Å². The molecule has 0 spiro atoms. The van der Waals surface area contributed by atoms with Gasteiger partial charge in [-0.2, -0.15) is 0 Å². The molecule has 0 radical (unpaired) electrons. The van der Waals surface area contributed by atoms with Crippen molar-refractivity contribution in [2.75, 3.05) is 7.11 Å². The third-order valence-electron chi connectivity index (χ3n) is 1.85. The fraction of sp³-hybridized carbons (Fsp3) is 0.300. The van der Waals surface area contributed by atoms with Crippen molar-refractivity contribution in [2.45, 2.75) is 12.5 Å². The molecule has 0 fully saturated rings. The number of hydrogen-bond donors (Lipinski definition) is 2. The molecular weight excluding hydrogens is 180 g/mol. The summed E-state index contributed by atoms with van der Waals surface area (Å²) in [5.41, 5.74) is 6.63. The first-order valence-electron chi connectivity index (χ1n) is 4.25. The maximum absolute atomic E-state index is 8.97. The van der Waals surface area contributed by atoms with Gasteiger partial charge in [0.05, 0.1) is 12.9 Å².